The molecule has 0 radical (unpaired) electrons. The van der Waals surface area contributed by atoms with Crippen molar-refractivity contribution in [2.24, 2.45) is 4.99 Å². The van der Waals surface area contributed by atoms with Crippen LogP contribution in [0.3, 0.4) is 0 Å². The summed E-state index contributed by atoms with van der Waals surface area (Å²) in [6, 6.07) is 70.5. The topological polar surface area (TPSA) is 49.6 Å². The van der Waals surface area contributed by atoms with E-state index in [1.807, 2.05) is 12.1 Å². The summed E-state index contributed by atoms with van der Waals surface area (Å²) >= 11 is 0. The number of benzene rings is 8. The molecule has 2 heterocycles. The Morgan fingerprint density at radius 3 is 1.60 bits per heavy atom. The number of nitrogens with zero attached hydrogens (tertiary/aromatic N) is 1. The Balaban J connectivity index is 1.02. The van der Waals surface area contributed by atoms with E-state index in [1.165, 1.54) is 27.8 Å². The maximum atomic E-state index is 6.76. The van der Waals surface area contributed by atoms with Crippen molar-refractivity contribution in [3.63, 3.8) is 0 Å². The van der Waals surface area contributed by atoms with Crippen molar-refractivity contribution in [1.82, 2.24) is 10.6 Å². The number of para-hydroxylation sites is 1. The number of furan rings is 1. The molecule has 4 nitrogen and oxygen atoms in total. The van der Waals surface area contributed by atoms with Crippen LogP contribution in [0.1, 0.15) is 29.0 Å². The number of aliphatic imine (C=N–C) groups is 1. The average molecular weight is 708 g/mol. The lowest BCUT2D eigenvalue weighted by Crippen LogP contribution is -2.45. The minimum Gasteiger partial charge on any atom is -0.455 e. The van der Waals surface area contributed by atoms with E-state index >= 15 is 0 Å². The van der Waals surface area contributed by atoms with E-state index in [9.17, 15) is 0 Å². The van der Waals surface area contributed by atoms with Crippen molar-refractivity contribution in [2.75, 3.05) is 0 Å². The number of fused-ring (bicyclic) bond motifs is 3. The molecule has 0 fully saturated rings. The Hall–Kier alpha value is -7.01. The van der Waals surface area contributed by atoms with Crippen LogP contribution in [0.5, 0.6) is 0 Å². The molecule has 262 valence electrons. The molecular weight excluding hydrogens is 671 g/mol. The number of hydrogen-bond donors (Lipinski definition) is 2. The van der Waals surface area contributed by atoms with Crippen LogP contribution in [0.4, 0.5) is 0 Å². The monoisotopic (exact) mass is 707 g/mol. The predicted molar refractivity (Wildman–Crippen MR) is 227 cm³/mol. The first kappa shape index (κ1) is 32.6. The second-order valence-corrected chi connectivity index (χ2v) is 14.0. The van der Waals surface area contributed by atoms with Gasteiger partial charge in [0, 0.05) is 10.8 Å². The zero-order valence-electron chi connectivity index (χ0n) is 30.1. The number of hydrogen-bond acceptors (Lipinski definition) is 4. The summed E-state index contributed by atoms with van der Waals surface area (Å²) in [4.78, 5) is 5.33. The summed E-state index contributed by atoms with van der Waals surface area (Å²) in [6.07, 6.45) is -0.448. The summed E-state index contributed by atoms with van der Waals surface area (Å²) in [6.45, 7) is 0. The van der Waals surface area contributed by atoms with Gasteiger partial charge in [-0.05, 0) is 73.8 Å². The number of amidine groups is 1. The molecule has 0 amide bonds. The van der Waals surface area contributed by atoms with Crippen LogP contribution >= 0.6 is 0 Å². The lowest BCUT2D eigenvalue weighted by atomic mass is 9.95. The Bertz CT molecular complexity index is 2790. The van der Waals surface area contributed by atoms with E-state index in [2.05, 4.69) is 199 Å². The van der Waals surface area contributed by atoms with Crippen LogP contribution in [-0.4, -0.2) is 5.84 Å². The van der Waals surface area contributed by atoms with Gasteiger partial charge in [-0.2, -0.15) is 0 Å². The van der Waals surface area contributed by atoms with E-state index in [-0.39, 0.29) is 12.3 Å². The molecule has 1 aromatic heterocycles. The summed E-state index contributed by atoms with van der Waals surface area (Å²) in [5.41, 5.74) is 14.3. The van der Waals surface area contributed by atoms with Crippen molar-refractivity contribution in [1.29, 1.82) is 0 Å². The van der Waals surface area contributed by atoms with Crippen molar-refractivity contribution >= 4 is 27.8 Å². The Labute approximate surface area is 320 Å². The molecular formula is C51H37N3O. The van der Waals surface area contributed by atoms with Crippen LogP contribution in [0.2, 0.25) is 0 Å². The zero-order chi connectivity index (χ0) is 36.6. The van der Waals surface area contributed by atoms with Gasteiger partial charge in [-0.3, -0.25) is 5.32 Å². The highest BCUT2D eigenvalue weighted by atomic mass is 16.3. The van der Waals surface area contributed by atoms with Crippen LogP contribution in [0.15, 0.2) is 210 Å². The molecule has 2 unspecified atom stereocenters. The third-order valence-electron chi connectivity index (χ3n) is 10.6. The number of rotatable bonds is 7. The highest BCUT2D eigenvalue weighted by Gasteiger charge is 2.27. The van der Waals surface area contributed by atoms with Gasteiger partial charge in [0.25, 0.3) is 0 Å². The largest absolute Gasteiger partial charge is 0.455 e. The first-order valence-electron chi connectivity index (χ1n) is 18.8. The molecule has 2 N–H and O–H groups in total. The molecule has 1 aliphatic heterocycles. The molecule has 0 bridgehead atoms. The smallest absolute Gasteiger partial charge is 0.146 e. The van der Waals surface area contributed by atoms with E-state index in [1.54, 1.807) is 0 Å². The summed E-state index contributed by atoms with van der Waals surface area (Å²) < 4.78 is 6.76. The molecule has 1 aliphatic rings. The Kier molecular flexibility index (Phi) is 8.36. The molecule has 9 aromatic rings. The van der Waals surface area contributed by atoms with Gasteiger partial charge < -0.3 is 9.73 Å². The molecule has 0 saturated heterocycles. The molecule has 0 aliphatic carbocycles. The van der Waals surface area contributed by atoms with Gasteiger partial charge >= 0.3 is 0 Å². The highest BCUT2D eigenvalue weighted by molar-refractivity contribution is 6.18. The van der Waals surface area contributed by atoms with Crippen LogP contribution < -0.4 is 10.6 Å². The second-order valence-electron chi connectivity index (χ2n) is 14.0. The van der Waals surface area contributed by atoms with Crippen LogP contribution in [0.25, 0.3) is 66.4 Å². The summed E-state index contributed by atoms with van der Waals surface area (Å²) in [7, 11) is 0. The van der Waals surface area contributed by atoms with E-state index in [4.69, 9.17) is 9.41 Å². The summed E-state index contributed by atoms with van der Waals surface area (Å²) in [5, 5.41) is 9.65. The fourth-order valence-electron chi connectivity index (χ4n) is 7.80. The van der Waals surface area contributed by atoms with Gasteiger partial charge in [-0.15, -0.1) is 0 Å². The van der Waals surface area contributed by atoms with Crippen molar-refractivity contribution < 1.29 is 4.42 Å². The van der Waals surface area contributed by atoms with Gasteiger partial charge in [-0.1, -0.05) is 182 Å². The average Bonchev–Trinajstić information content (AvgIpc) is 3.67. The molecule has 55 heavy (non-hydrogen) atoms. The third-order valence-corrected chi connectivity index (χ3v) is 10.6. The Morgan fingerprint density at radius 1 is 0.418 bits per heavy atom. The van der Waals surface area contributed by atoms with Crippen LogP contribution in [0, 0.1) is 0 Å². The van der Waals surface area contributed by atoms with E-state index in [0.29, 0.717) is 0 Å². The van der Waals surface area contributed by atoms with Gasteiger partial charge in [-0.25, -0.2) is 4.99 Å². The summed E-state index contributed by atoms with van der Waals surface area (Å²) in [5.74, 6) is 0.788. The minimum atomic E-state index is -0.284. The van der Waals surface area contributed by atoms with Gasteiger partial charge in [0.05, 0.1) is 5.56 Å². The zero-order valence-corrected chi connectivity index (χ0v) is 30.1. The lowest BCUT2D eigenvalue weighted by molar-refractivity contribution is 0.409. The first-order chi connectivity index (χ1) is 27.2. The predicted octanol–water partition coefficient (Wildman–Crippen LogP) is 12.6. The lowest BCUT2D eigenvalue weighted by Gasteiger charge is -2.32. The fourth-order valence-corrected chi connectivity index (χ4v) is 7.80. The van der Waals surface area contributed by atoms with E-state index < -0.39 is 0 Å². The second kappa shape index (κ2) is 14.1. The van der Waals surface area contributed by atoms with E-state index in [0.717, 1.165) is 61.2 Å². The highest BCUT2D eigenvalue weighted by Crippen LogP contribution is 2.39. The van der Waals surface area contributed by atoms with Gasteiger partial charge in [0.15, 0.2) is 0 Å². The third kappa shape index (κ3) is 6.29. The quantitative estimate of drug-likeness (QED) is 0.173. The fraction of sp³-hybridized carbons (Fsp3) is 0.0392. The standard InChI is InChI=1S/C51H37N3O/c1-4-13-34(14-5-1)36-25-27-37(28-26-36)38-29-31-39(32-30-38)43-21-12-24-46-47(43)44-22-11-23-45(48(44)55-46)51-53-49(40-17-8-3-9-18-40)52-50(54-51)42-20-10-19-41(33-42)35-15-6-2-7-16-35/h1-33,49-50,52H,(H,53,54). The molecule has 0 spiro atoms. The number of nitrogens with one attached hydrogen (secondary N) is 2. The molecule has 10 rings (SSSR count). The molecule has 4 heteroatoms. The molecule has 0 saturated carbocycles. The normalized spacial score (nSPS) is 15.5. The van der Waals surface area contributed by atoms with Crippen LogP contribution in [-0.2, 0) is 0 Å². The van der Waals surface area contributed by atoms with Gasteiger partial charge in [0.2, 0.25) is 0 Å². The van der Waals surface area contributed by atoms with Gasteiger partial charge in [0.1, 0.15) is 29.3 Å². The maximum Gasteiger partial charge on any atom is 0.146 e. The maximum absolute atomic E-state index is 6.76. The van der Waals surface area contributed by atoms with Crippen molar-refractivity contribution in [2.45, 2.75) is 12.3 Å². The molecule has 8 aromatic carbocycles. The minimum absolute atomic E-state index is 0.165. The van der Waals surface area contributed by atoms with Crippen molar-refractivity contribution in [3.8, 4) is 44.5 Å². The SMILES string of the molecule is c1ccc(-c2ccc(-c3ccc(-c4cccc5oc6c(C7=NC(c8cccc(-c9ccccc9)c8)NC(c8ccccc8)N7)cccc6c45)cc3)cc2)cc1. The Morgan fingerprint density at radius 2 is 0.927 bits per heavy atom. The van der Waals surface area contributed by atoms with Crippen molar-refractivity contribution in [3.05, 3.63) is 217 Å². The first-order valence-corrected chi connectivity index (χ1v) is 18.8. The molecule has 2 atom stereocenters.